The Balaban J connectivity index is 1.68. The summed E-state index contributed by atoms with van der Waals surface area (Å²) in [7, 11) is -3.79. The van der Waals surface area contributed by atoms with Gasteiger partial charge in [-0.1, -0.05) is 24.3 Å². The molecule has 1 aliphatic rings. The Hall–Kier alpha value is -2.21. The highest BCUT2D eigenvalue weighted by atomic mass is 32.2. The number of aliphatic hydroxyl groups is 2. The van der Waals surface area contributed by atoms with Gasteiger partial charge in [-0.25, -0.2) is 13.4 Å². The molecule has 0 spiro atoms. The molecule has 4 atom stereocenters. The van der Waals surface area contributed by atoms with Crippen LogP contribution in [0.1, 0.15) is 5.69 Å². The summed E-state index contributed by atoms with van der Waals surface area (Å²) in [4.78, 5) is 3.36. The summed E-state index contributed by atoms with van der Waals surface area (Å²) in [5.41, 5.74) is -1.17. The number of alkyl halides is 3. The highest BCUT2D eigenvalue weighted by Crippen LogP contribution is 2.29. The summed E-state index contributed by atoms with van der Waals surface area (Å²) < 4.78 is 73.7. The second-order valence-electron chi connectivity index (χ2n) is 6.46. The van der Waals surface area contributed by atoms with Crippen molar-refractivity contribution in [1.29, 1.82) is 0 Å². The zero-order valence-corrected chi connectivity index (χ0v) is 15.7. The van der Waals surface area contributed by atoms with Gasteiger partial charge in [-0.05, 0) is 18.2 Å². The second-order valence-corrected chi connectivity index (χ2v) is 8.50. The van der Waals surface area contributed by atoms with Crippen LogP contribution in [-0.4, -0.2) is 60.4 Å². The van der Waals surface area contributed by atoms with E-state index in [-0.39, 0.29) is 11.5 Å². The Morgan fingerprint density at radius 3 is 2.41 bits per heavy atom. The van der Waals surface area contributed by atoms with Crippen molar-refractivity contribution in [3.63, 3.8) is 0 Å². The van der Waals surface area contributed by atoms with E-state index < -0.39 is 57.8 Å². The molecule has 11 heteroatoms. The summed E-state index contributed by atoms with van der Waals surface area (Å²) in [6.45, 7) is -0.342. The van der Waals surface area contributed by atoms with Gasteiger partial charge in [0.05, 0.1) is 17.3 Å². The fourth-order valence-electron chi connectivity index (χ4n) is 2.84. The maximum atomic E-state index is 12.7. The predicted octanol–water partition coefficient (Wildman–Crippen LogP) is 1.44. The van der Waals surface area contributed by atoms with Gasteiger partial charge in [0, 0.05) is 6.07 Å². The van der Waals surface area contributed by atoms with E-state index in [2.05, 4.69) is 4.98 Å². The lowest BCUT2D eigenvalue weighted by molar-refractivity contribution is -0.174. The first-order valence-electron chi connectivity index (χ1n) is 8.54. The number of hydrogen-bond donors (Lipinski definition) is 2. The normalized spacial score (nSPS) is 25.6. The smallest absolute Gasteiger partial charge is 0.433 e. The van der Waals surface area contributed by atoms with Crippen molar-refractivity contribution in [1.82, 2.24) is 4.98 Å². The number of rotatable bonds is 5. The van der Waals surface area contributed by atoms with Gasteiger partial charge in [0.1, 0.15) is 24.0 Å². The third kappa shape index (κ3) is 5.04. The van der Waals surface area contributed by atoms with Gasteiger partial charge in [-0.3, -0.25) is 0 Å². The van der Waals surface area contributed by atoms with Crippen molar-refractivity contribution in [2.24, 2.45) is 0 Å². The SMILES string of the molecule is O=S(=O)(C[C@H]1OC[C@H](Oc2cccc(C(F)(F)F)n2)[C@@H](O)[C@H]1O)c1ccccc1. The van der Waals surface area contributed by atoms with Crippen molar-refractivity contribution in [3.05, 3.63) is 54.2 Å². The topological polar surface area (TPSA) is 106 Å². The van der Waals surface area contributed by atoms with Gasteiger partial charge in [0.2, 0.25) is 5.88 Å². The van der Waals surface area contributed by atoms with E-state index >= 15 is 0 Å². The lowest BCUT2D eigenvalue weighted by Crippen LogP contribution is -2.56. The minimum Gasteiger partial charge on any atom is -0.469 e. The molecular weight excluding hydrogens is 415 g/mol. The highest BCUT2D eigenvalue weighted by Gasteiger charge is 2.42. The van der Waals surface area contributed by atoms with Gasteiger partial charge >= 0.3 is 6.18 Å². The van der Waals surface area contributed by atoms with Crippen LogP contribution in [0, 0.1) is 0 Å². The summed E-state index contributed by atoms with van der Waals surface area (Å²) in [5, 5.41) is 20.5. The first-order valence-corrected chi connectivity index (χ1v) is 10.2. The maximum absolute atomic E-state index is 12.7. The van der Waals surface area contributed by atoms with Crippen LogP contribution in [0.5, 0.6) is 5.88 Å². The number of hydrogen-bond acceptors (Lipinski definition) is 7. The number of sulfone groups is 1. The van der Waals surface area contributed by atoms with Crippen LogP contribution in [0.15, 0.2) is 53.4 Å². The quantitative estimate of drug-likeness (QED) is 0.735. The molecule has 0 unspecified atom stereocenters. The molecule has 2 aromatic rings. The molecule has 1 saturated heterocycles. The number of aromatic nitrogens is 1. The minimum absolute atomic E-state index is 0.0387. The lowest BCUT2D eigenvalue weighted by atomic mass is 10.0. The van der Waals surface area contributed by atoms with Gasteiger partial charge in [0.15, 0.2) is 15.9 Å². The summed E-state index contributed by atoms with van der Waals surface area (Å²) in [5.74, 6) is -0.987. The van der Waals surface area contributed by atoms with E-state index in [1.165, 1.54) is 18.2 Å². The Kier molecular flexibility index (Phi) is 6.13. The van der Waals surface area contributed by atoms with Crippen molar-refractivity contribution in [2.75, 3.05) is 12.4 Å². The van der Waals surface area contributed by atoms with Crippen LogP contribution >= 0.6 is 0 Å². The minimum atomic E-state index is -4.67. The molecule has 2 heterocycles. The fourth-order valence-corrected chi connectivity index (χ4v) is 4.33. The van der Waals surface area contributed by atoms with Crippen molar-refractivity contribution in [3.8, 4) is 5.88 Å². The first-order chi connectivity index (χ1) is 13.6. The zero-order chi connectivity index (χ0) is 21.2. The van der Waals surface area contributed by atoms with Crippen molar-refractivity contribution < 1.29 is 41.3 Å². The maximum Gasteiger partial charge on any atom is 0.433 e. The number of benzene rings is 1. The van der Waals surface area contributed by atoms with E-state index in [1.807, 2.05) is 0 Å². The Morgan fingerprint density at radius 1 is 1.07 bits per heavy atom. The monoisotopic (exact) mass is 433 g/mol. The molecule has 1 aromatic heterocycles. The molecule has 158 valence electrons. The van der Waals surface area contributed by atoms with E-state index in [4.69, 9.17) is 9.47 Å². The van der Waals surface area contributed by atoms with Crippen LogP contribution in [0.4, 0.5) is 13.2 Å². The Bertz CT molecular complexity index is 938. The molecular formula is C18H18F3NO6S. The molecule has 1 aromatic carbocycles. The first kappa shape index (κ1) is 21.5. The standard InChI is InChI=1S/C18H18F3NO6S/c19-18(20,21)14-7-4-8-15(22-14)28-12-9-27-13(17(24)16(12)23)10-29(25,26)11-5-2-1-3-6-11/h1-8,12-13,16-17,23-24H,9-10H2/t12-,13+,16+,17-/m0/s1. The van der Waals surface area contributed by atoms with E-state index in [0.29, 0.717) is 0 Å². The van der Waals surface area contributed by atoms with Crippen LogP contribution < -0.4 is 4.74 Å². The number of nitrogens with zero attached hydrogens (tertiary/aromatic N) is 1. The van der Waals surface area contributed by atoms with Gasteiger partial charge in [0.25, 0.3) is 0 Å². The van der Waals surface area contributed by atoms with Gasteiger partial charge in [-0.2, -0.15) is 13.2 Å². The number of pyridine rings is 1. The van der Waals surface area contributed by atoms with Gasteiger partial charge < -0.3 is 19.7 Å². The molecule has 1 fully saturated rings. The van der Waals surface area contributed by atoms with Crippen molar-refractivity contribution >= 4 is 9.84 Å². The second kappa shape index (κ2) is 8.27. The predicted molar refractivity (Wildman–Crippen MR) is 93.9 cm³/mol. The van der Waals surface area contributed by atoms with Crippen LogP contribution in [0.3, 0.4) is 0 Å². The summed E-state index contributed by atoms with van der Waals surface area (Å²) in [6.07, 6.45) is -10.3. The van der Waals surface area contributed by atoms with Crippen LogP contribution in [-0.2, 0) is 20.8 Å². The molecule has 2 N–H and O–H groups in total. The average molecular weight is 433 g/mol. The number of aliphatic hydroxyl groups excluding tert-OH is 2. The highest BCUT2D eigenvalue weighted by molar-refractivity contribution is 7.91. The van der Waals surface area contributed by atoms with E-state index in [9.17, 15) is 31.8 Å². The lowest BCUT2D eigenvalue weighted by Gasteiger charge is -2.37. The Labute approximate surface area is 164 Å². The zero-order valence-electron chi connectivity index (χ0n) is 14.9. The third-order valence-corrected chi connectivity index (χ3v) is 6.12. The molecule has 3 rings (SSSR count). The fraction of sp³-hybridized carbons (Fsp3) is 0.389. The molecule has 0 bridgehead atoms. The average Bonchev–Trinajstić information content (AvgIpc) is 2.68. The Morgan fingerprint density at radius 2 is 1.76 bits per heavy atom. The molecule has 0 aliphatic carbocycles. The van der Waals surface area contributed by atoms with E-state index in [1.54, 1.807) is 18.2 Å². The van der Waals surface area contributed by atoms with Crippen LogP contribution in [0.25, 0.3) is 0 Å². The summed E-state index contributed by atoms with van der Waals surface area (Å²) in [6, 6.07) is 10.6. The van der Waals surface area contributed by atoms with Crippen molar-refractivity contribution in [2.45, 2.75) is 35.5 Å². The molecule has 0 saturated carbocycles. The van der Waals surface area contributed by atoms with Gasteiger partial charge in [-0.15, -0.1) is 0 Å². The molecule has 7 nitrogen and oxygen atoms in total. The summed E-state index contributed by atoms with van der Waals surface area (Å²) >= 11 is 0. The molecule has 1 aliphatic heterocycles. The third-order valence-electron chi connectivity index (χ3n) is 4.36. The number of halogens is 3. The number of ether oxygens (including phenoxy) is 2. The largest absolute Gasteiger partial charge is 0.469 e. The van der Waals surface area contributed by atoms with E-state index in [0.717, 1.165) is 12.1 Å². The molecule has 0 radical (unpaired) electrons. The molecule has 0 amide bonds. The van der Waals surface area contributed by atoms with Crippen LogP contribution in [0.2, 0.25) is 0 Å². The molecule has 29 heavy (non-hydrogen) atoms.